The van der Waals surface area contributed by atoms with Crippen LogP contribution in [0.2, 0.25) is 5.02 Å². The van der Waals surface area contributed by atoms with Gasteiger partial charge in [0.25, 0.3) is 0 Å². The van der Waals surface area contributed by atoms with Crippen LogP contribution in [0.3, 0.4) is 0 Å². The number of nitrogens with two attached hydrogens (primary N) is 1. The largest absolute Gasteiger partial charge is 0.367 e. The molecule has 106 valence electrons. The highest BCUT2D eigenvalue weighted by molar-refractivity contribution is 7.89. The van der Waals surface area contributed by atoms with E-state index in [0.717, 1.165) is 6.26 Å². The van der Waals surface area contributed by atoms with Gasteiger partial charge in [0.1, 0.15) is 0 Å². The fourth-order valence-electron chi connectivity index (χ4n) is 1.49. The highest BCUT2D eigenvalue weighted by atomic mass is 35.5. The highest BCUT2D eigenvalue weighted by Gasteiger charge is 2.15. The van der Waals surface area contributed by atoms with E-state index in [-0.39, 0.29) is 11.8 Å². The van der Waals surface area contributed by atoms with E-state index in [0.29, 0.717) is 14.7 Å². The molecular weight excluding hydrogens is 304 g/mol. The van der Waals surface area contributed by atoms with Crippen LogP contribution in [0.1, 0.15) is 0 Å². The molecule has 2 rings (SSSR count). The van der Waals surface area contributed by atoms with E-state index >= 15 is 0 Å². The number of benzene rings is 1. The van der Waals surface area contributed by atoms with Gasteiger partial charge in [-0.3, -0.25) is 5.41 Å². The minimum atomic E-state index is -3.75. The summed E-state index contributed by atoms with van der Waals surface area (Å²) in [5.41, 5.74) is 5.61. The Kier molecular flexibility index (Phi) is 3.64. The topological polar surface area (TPSA) is 127 Å². The third kappa shape index (κ3) is 2.89. The van der Waals surface area contributed by atoms with Crippen molar-refractivity contribution in [3.05, 3.63) is 34.8 Å². The molecule has 0 saturated carbocycles. The van der Waals surface area contributed by atoms with Crippen LogP contribution in [-0.4, -0.2) is 28.8 Å². The fraction of sp³-hybridized carbons (Fsp3) is 0.100. The van der Waals surface area contributed by atoms with E-state index in [1.54, 1.807) is 24.3 Å². The van der Waals surface area contributed by atoms with Gasteiger partial charge in [0.15, 0.2) is 11.3 Å². The predicted octanol–water partition coefficient (Wildman–Crippen LogP) is 0.544. The van der Waals surface area contributed by atoms with Crippen molar-refractivity contribution >= 4 is 39.1 Å². The molecule has 0 radical (unpaired) electrons. The molecule has 0 aliphatic heterocycles. The number of aromatic nitrogens is 3. The molecule has 0 fully saturated rings. The van der Waals surface area contributed by atoms with Crippen molar-refractivity contribution in [3.8, 4) is 0 Å². The Balaban J connectivity index is 2.49. The minimum absolute atomic E-state index is 0.0352. The zero-order chi connectivity index (χ0) is 14.9. The molecule has 0 aliphatic rings. The zero-order valence-corrected chi connectivity index (χ0v) is 11.9. The van der Waals surface area contributed by atoms with Gasteiger partial charge in [-0.1, -0.05) is 11.6 Å². The lowest BCUT2D eigenvalue weighted by Crippen LogP contribution is -2.32. The average molecular weight is 315 g/mol. The zero-order valence-electron chi connectivity index (χ0n) is 10.3. The molecule has 0 unspecified atom stereocenters. The lowest BCUT2D eigenvalue weighted by Gasteiger charge is -2.10. The van der Waals surface area contributed by atoms with E-state index in [1.807, 2.05) is 0 Å². The summed E-state index contributed by atoms with van der Waals surface area (Å²) < 4.78 is 23.7. The molecule has 1 aromatic heterocycles. The average Bonchev–Trinajstić information content (AvgIpc) is 2.34. The first-order chi connectivity index (χ1) is 9.29. The summed E-state index contributed by atoms with van der Waals surface area (Å²) in [6.07, 6.45) is 0.926. The van der Waals surface area contributed by atoms with Crippen LogP contribution in [0.25, 0.3) is 0 Å². The van der Waals surface area contributed by atoms with Crippen molar-refractivity contribution in [2.45, 2.75) is 0 Å². The SMILES string of the molecule is CS(=O)(=O)n1c(N)nnc(Nc2ccc(Cl)cc2)c1=N. The van der Waals surface area contributed by atoms with Crippen molar-refractivity contribution in [2.75, 3.05) is 17.3 Å². The molecule has 2 aromatic rings. The first-order valence-corrected chi connectivity index (χ1v) is 7.54. The Labute approximate surface area is 119 Å². The maximum Gasteiger partial charge on any atom is 0.240 e. The summed E-state index contributed by atoms with van der Waals surface area (Å²) in [6, 6.07) is 6.60. The Morgan fingerprint density at radius 2 is 1.90 bits per heavy atom. The summed E-state index contributed by atoms with van der Waals surface area (Å²) in [5, 5.41) is 18.4. The molecule has 0 bridgehead atoms. The van der Waals surface area contributed by atoms with E-state index < -0.39 is 15.5 Å². The molecule has 0 spiro atoms. The van der Waals surface area contributed by atoms with Crippen LogP contribution in [0.15, 0.2) is 24.3 Å². The molecule has 10 heteroatoms. The van der Waals surface area contributed by atoms with Crippen LogP contribution in [0.4, 0.5) is 17.5 Å². The van der Waals surface area contributed by atoms with Gasteiger partial charge in [-0.15, -0.1) is 10.2 Å². The van der Waals surface area contributed by atoms with Gasteiger partial charge in [-0.2, -0.15) is 3.97 Å². The third-order valence-corrected chi connectivity index (χ3v) is 3.61. The molecule has 0 saturated heterocycles. The fourth-order valence-corrected chi connectivity index (χ4v) is 2.41. The predicted molar refractivity (Wildman–Crippen MR) is 75.3 cm³/mol. The summed E-state index contributed by atoms with van der Waals surface area (Å²) >= 11 is 5.76. The van der Waals surface area contributed by atoms with Gasteiger partial charge in [-0.25, -0.2) is 8.42 Å². The quantitative estimate of drug-likeness (QED) is 0.759. The maximum atomic E-state index is 11.6. The van der Waals surface area contributed by atoms with Gasteiger partial charge in [0.05, 0.1) is 6.26 Å². The molecule has 1 aromatic carbocycles. The second kappa shape index (κ2) is 5.10. The molecule has 0 aliphatic carbocycles. The van der Waals surface area contributed by atoms with Crippen LogP contribution >= 0.6 is 11.6 Å². The first-order valence-electron chi connectivity index (χ1n) is 5.32. The van der Waals surface area contributed by atoms with Gasteiger partial charge >= 0.3 is 0 Å². The van der Waals surface area contributed by atoms with Gasteiger partial charge < -0.3 is 11.1 Å². The second-order valence-electron chi connectivity index (χ2n) is 3.91. The molecule has 8 nitrogen and oxygen atoms in total. The Morgan fingerprint density at radius 3 is 2.45 bits per heavy atom. The maximum absolute atomic E-state index is 11.6. The summed E-state index contributed by atoms with van der Waals surface area (Å²) in [4.78, 5) is 0. The van der Waals surface area contributed by atoms with E-state index in [1.165, 1.54) is 0 Å². The number of hydrogen-bond donors (Lipinski definition) is 3. The summed E-state index contributed by atoms with van der Waals surface area (Å²) in [5.74, 6) is -0.411. The number of nitrogen functional groups attached to an aromatic ring is 1. The smallest absolute Gasteiger partial charge is 0.240 e. The van der Waals surface area contributed by atoms with Gasteiger partial charge in [0.2, 0.25) is 16.0 Å². The summed E-state index contributed by atoms with van der Waals surface area (Å²) in [7, 11) is -3.75. The molecule has 0 atom stereocenters. The lowest BCUT2D eigenvalue weighted by molar-refractivity contribution is 0.589. The lowest BCUT2D eigenvalue weighted by atomic mass is 10.3. The van der Waals surface area contributed by atoms with E-state index in [4.69, 9.17) is 22.7 Å². The summed E-state index contributed by atoms with van der Waals surface area (Å²) in [6.45, 7) is 0. The number of rotatable bonds is 3. The van der Waals surface area contributed by atoms with Crippen molar-refractivity contribution in [1.29, 1.82) is 5.41 Å². The van der Waals surface area contributed by atoms with Crippen LogP contribution in [0.5, 0.6) is 0 Å². The van der Waals surface area contributed by atoms with Gasteiger partial charge in [-0.05, 0) is 24.3 Å². The van der Waals surface area contributed by atoms with E-state index in [9.17, 15) is 8.42 Å². The van der Waals surface area contributed by atoms with Gasteiger partial charge in [0, 0.05) is 10.7 Å². The Hall–Kier alpha value is -2.13. The van der Waals surface area contributed by atoms with Crippen molar-refractivity contribution in [1.82, 2.24) is 14.2 Å². The second-order valence-corrected chi connectivity index (χ2v) is 6.18. The number of hydrogen-bond acceptors (Lipinski definition) is 7. The molecule has 4 N–H and O–H groups in total. The van der Waals surface area contributed by atoms with E-state index in [2.05, 4.69) is 15.5 Å². The van der Waals surface area contributed by atoms with Crippen molar-refractivity contribution in [3.63, 3.8) is 0 Å². The Morgan fingerprint density at radius 1 is 1.30 bits per heavy atom. The first kappa shape index (κ1) is 14.3. The molecule has 0 amide bonds. The number of halogens is 1. The monoisotopic (exact) mass is 314 g/mol. The van der Waals surface area contributed by atoms with Crippen LogP contribution in [-0.2, 0) is 10.0 Å². The van der Waals surface area contributed by atoms with Crippen molar-refractivity contribution < 1.29 is 8.42 Å². The molecule has 20 heavy (non-hydrogen) atoms. The van der Waals surface area contributed by atoms with Crippen LogP contribution in [0, 0.1) is 5.41 Å². The molecule has 1 heterocycles. The highest BCUT2D eigenvalue weighted by Crippen LogP contribution is 2.15. The van der Waals surface area contributed by atoms with Crippen LogP contribution < -0.4 is 16.5 Å². The third-order valence-electron chi connectivity index (χ3n) is 2.33. The number of nitrogens with one attached hydrogen (secondary N) is 2. The standard InChI is InChI=1S/C10H11ClN6O2S/c1-20(18,19)17-8(12)9(15-16-10(17)13)14-7-4-2-6(11)3-5-7/h2-5,12H,1H3,(H2,13,16)(H,14,15). The normalized spacial score (nSPS) is 11.3. The van der Waals surface area contributed by atoms with Crippen molar-refractivity contribution in [2.24, 2.45) is 0 Å². The minimum Gasteiger partial charge on any atom is -0.367 e. The number of anilines is 3. The Bertz CT molecular complexity index is 799. The molecular formula is C10H11ClN6O2S. The number of nitrogens with zero attached hydrogens (tertiary/aromatic N) is 3.